The monoisotopic (exact) mass is 296 g/mol. The molecule has 1 heterocycles. The average molecular weight is 296 g/mol. The van der Waals surface area contributed by atoms with Crippen LogP contribution < -0.4 is 10.0 Å². The number of benzene rings is 1. The van der Waals surface area contributed by atoms with Crippen molar-refractivity contribution in [1.29, 1.82) is 0 Å². The minimum Gasteiger partial charge on any atom is -0.314 e. The Hall–Kier alpha value is -0.910. The molecule has 1 atom stereocenters. The van der Waals surface area contributed by atoms with Gasteiger partial charge in [0.25, 0.3) is 0 Å². The van der Waals surface area contributed by atoms with Crippen LogP contribution in [0.3, 0.4) is 0 Å². The lowest BCUT2D eigenvalue weighted by Gasteiger charge is -2.12. The highest BCUT2D eigenvalue weighted by Crippen LogP contribution is 2.17. The molecule has 0 aliphatic carbocycles. The summed E-state index contributed by atoms with van der Waals surface area (Å²) >= 11 is 0. The first-order chi connectivity index (χ1) is 9.49. The largest absolute Gasteiger partial charge is 0.314 e. The number of sulfonamides is 1. The molecular formula is C15H24N2O2S. The maximum Gasteiger partial charge on any atom is 0.240 e. The topological polar surface area (TPSA) is 58.2 Å². The van der Waals surface area contributed by atoms with Crippen molar-refractivity contribution in [1.82, 2.24) is 10.0 Å². The Morgan fingerprint density at radius 2 is 2.00 bits per heavy atom. The molecule has 1 aliphatic rings. The summed E-state index contributed by atoms with van der Waals surface area (Å²) in [5.74, 6) is 0.410. The van der Waals surface area contributed by atoms with Crippen LogP contribution in [0.4, 0.5) is 0 Å². The molecule has 1 aromatic rings. The summed E-state index contributed by atoms with van der Waals surface area (Å²) in [7, 11) is -3.37. The lowest BCUT2D eigenvalue weighted by Crippen LogP contribution is -2.30. The summed E-state index contributed by atoms with van der Waals surface area (Å²) < 4.78 is 27.0. The molecule has 1 fully saturated rings. The summed E-state index contributed by atoms with van der Waals surface area (Å²) in [6.45, 7) is 5.73. The SMILES string of the molecule is CC(C)c1ccc(S(=O)(=O)NCC[C@@H]2CCCN2)cc1. The van der Waals surface area contributed by atoms with Crippen LogP contribution in [0.2, 0.25) is 0 Å². The third-order valence-electron chi connectivity index (χ3n) is 3.80. The minimum absolute atomic E-state index is 0.348. The molecule has 5 heteroatoms. The van der Waals surface area contributed by atoms with E-state index in [1.54, 1.807) is 12.1 Å². The Kier molecular flexibility index (Phi) is 5.18. The van der Waals surface area contributed by atoms with Gasteiger partial charge in [-0.25, -0.2) is 13.1 Å². The van der Waals surface area contributed by atoms with Crippen LogP contribution in [-0.2, 0) is 10.0 Å². The first kappa shape index (κ1) is 15.5. The van der Waals surface area contributed by atoms with Crippen LogP contribution in [0.15, 0.2) is 29.2 Å². The standard InChI is InChI=1S/C15H24N2O2S/c1-12(2)13-5-7-15(8-6-13)20(18,19)17-11-9-14-4-3-10-16-14/h5-8,12,14,16-17H,3-4,9-11H2,1-2H3/t14-/m0/s1. The van der Waals surface area contributed by atoms with Crippen molar-refractivity contribution in [2.24, 2.45) is 0 Å². The molecule has 20 heavy (non-hydrogen) atoms. The van der Waals surface area contributed by atoms with Crippen molar-refractivity contribution in [3.63, 3.8) is 0 Å². The van der Waals surface area contributed by atoms with Gasteiger partial charge in [-0.2, -0.15) is 0 Å². The van der Waals surface area contributed by atoms with Gasteiger partial charge in [-0.15, -0.1) is 0 Å². The lowest BCUT2D eigenvalue weighted by atomic mass is 10.0. The summed E-state index contributed by atoms with van der Waals surface area (Å²) in [5, 5.41) is 3.37. The van der Waals surface area contributed by atoms with Crippen molar-refractivity contribution in [3.05, 3.63) is 29.8 Å². The second kappa shape index (κ2) is 6.70. The number of rotatable bonds is 6. The average Bonchev–Trinajstić information content (AvgIpc) is 2.92. The zero-order valence-corrected chi connectivity index (χ0v) is 13.0. The fourth-order valence-electron chi connectivity index (χ4n) is 2.49. The molecule has 2 N–H and O–H groups in total. The second-order valence-corrected chi connectivity index (χ2v) is 7.47. The highest BCUT2D eigenvalue weighted by atomic mass is 32.2. The van der Waals surface area contributed by atoms with Crippen LogP contribution in [-0.4, -0.2) is 27.5 Å². The zero-order valence-electron chi connectivity index (χ0n) is 12.2. The van der Waals surface area contributed by atoms with Gasteiger partial charge >= 0.3 is 0 Å². The van der Waals surface area contributed by atoms with E-state index in [0.29, 0.717) is 23.4 Å². The number of hydrogen-bond donors (Lipinski definition) is 2. The molecule has 4 nitrogen and oxygen atoms in total. The van der Waals surface area contributed by atoms with Crippen molar-refractivity contribution in [3.8, 4) is 0 Å². The van der Waals surface area contributed by atoms with Crippen LogP contribution in [0.25, 0.3) is 0 Å². The van der Waals surface area contributed by atoms with E-state index in [2.05, 4.69) is 23.9 Å². The Bertz CT molecular complexity index is 517. The number of nitrogens with one attached hydrogen (secondary N) is 2. The quantitative estimate of drug-likeness (QED) is 0.846. The summed E-state index contributed by atoms with van der Waals surface area (Å²) in [4.78, 5) is 0.348. The van der Waals surface area contributed by atoms with Gasteiger partial charge in [-0.05, 0) is 49.4 Å². The van der Waals surface area contributed by atoms with Crippen LogP contribution in [0, 0.1) is 0 Å². The van der Waals surface area contributed by atoms with Gasteiger partial charge in [0.2, 0.25) is 10.0 Å². The Balaban J connectivity index is 1.91. The molecule has 1 saturated heterocycles. The van der Waals surface area contributed by atoms with Gasteiger partial charge in [0.15, 0.2) is 0 Å². The first-order valence-electron chi connectivity index (χ1n) is 7.32. The first-order valence-corrected chi connectivity index (χ1v) is 8.80. The fraction of sp³-hybridized carbons (Fsp3) is 0.600. The van der Waals surface area contributed by atoms with E-state index >= 15 is 0 Å². The third-order valence-corrected chi connectivity index (χ3v) is 5.28. The molecule has 0 radical (unpaired) electrons. The van der Waals surface area contributed by atoms with E-state index < -0.39 is 10.0 Å². The highest BCUT2D eigenvalue weighted by molar-refractivity contribution is 7.89. The van der Waals surface area contributed by atoms with Crippen LogP contribution in [0.5, 0.6) is 0 Å². The van der Waals surface area contributed by atoms with Gasteiger partial charge in [0.1, 0.15) is 0 Å². The molecule has 1 aliphatic heterocycles. The summed E-state index contributed by atoms with van der Waals surface area (Å²) in [6.07, 6.45) is 3.18. The van der Waals surface area contributed by atoms with Gasteiger partial charge in [0, 0.05) is 12.6 Å². The van der Waals surface area contributed by atoms with E-state index in [9.17, 15) is 8.42 Å². The van der Waals surface area contributed by atoms with E-state index in [4.69, 9.17) is 0 Å². The molecule has 112 valence electrons. The van der Waals surface area contributed by atoms with Crippen molar-refractivity contribution < 1.29 is 8.42 Å². The smallest absolute Gasteiger partial charge is 0.240 e. The maximum absolute atomic E-state index is 12.2. The van der Waals surface area contributed by atoms with Crippen molar-refractivity contribution >= 4 is 10.0 Å². The van der Waals surface area contributed by atoms with Gasteiger partial charge in [-0.3, -0.25) is 0 Å². The van der Waals surface area contributed by atoms with Gasteiger partial charge in [0.05, 0.1) is 4.90 Å². The molecule has 2 rings (SSSR count). The van der Waals surface area contributed by atoms with Crippen molar-refractivity contribution in [2.45, 2.75) is 50.0 Å². The second-order valence-electron chi connectivity index (χ2n) is 5.70. The Morgan fingerprint density at radius 1 is 1.30 bits per heavy atom. The van der Waals surface area contributed by atoms with E-state index in [0.717, 1.165) is 24.9 Å². The molecule has 0 saturated carbocycles. The highest BCUT2D eigenvalue weighted by Gasteiger charge is 2.17. The summed E-state index contributed by atoms with van der Waals surface area (Å²) in [6, 6.07) is 7.60. The maximum atomic E-state index is 12.2. The van der Waals surface area contributed by atoms with Crippen LogP contribution in [0.1, 0.15) is 44.6 Å². The third kappa shape index (κ3) is 4.04. The molecule has 0 aromatic heterocycles. The summed E-state index contributed by atoms with van der Waals surface area (Å²) in [5.41, 5.74) is 1.15. The van der Waals surface area contributed by atoms with E-state index in [-0.39, 0.29) is 0 Å². The molecular weight excluding hydrogens is 272 g/mol. The Labute approximate surface area is 122 Å². The zero-order chi connectivity index (χ0) is 14.6. The predicted octanol–water partition coefficient (Wildman–Crippen LogP) is 2.23. The van der Waals surface area contributed by atoms with Gasteiger partial charge < -0.3 is 5.32 Å². The fourth-order valence-corrected chi connectivity index (χ4v) is 3.53. The molecule has 0 unspecified atom stereocenters. The Morgan fingerprint density at radius 3 is 2.55 bits per heavy atom. The molecule has 1 aromatic carbocycles. The molecule has 0 spiro atoms. The van der Waals surface area contributed by atoms with E-state index in [1.165, 1.54) is 6.42 Å². The van der Waals surface area contributed by atoms with Crippen LogP contribution >= 0.6 is 0 Å². The van der Waals surface area contributed by atoms with Gasteiger partial charge in [-0.1, -0.05) is 26.0 Å². The molecule has 0 bridgehead atoms. The molecule has 0 amide bonds. The lowest BCUT2D eigenvalue weighted by molar-refractivity contribution is 0.539. The van der Waals surface area contributed by atoms with Crippen molar-refractivity contribution in [2.75, 3.05) is 13.1 Å². The number of hydrogen-bond acceptors (Lipinski definition) is 3. The normalized spacial score (nSPS) is 19.6. The predicted molar refractivity (Wildman–Crippen MR) is 81.4 cm³/mol. The van der Waals surface area contributed by atoms with E-state index in [1.807, 2.05) is 12.1 Å². The minimum atomic E-state index is -3.37.